The molecule has 0 aliphatic heterocycles. The van der Waals surface area contributed by atoms with Crippen LogP contribution in [0.15, 0.2) is 278 Å². The predicted molar refractivity (Wildman–Crippen MR) is 327 cm³/mol. The molecule has 1 radical (unpaired) electrons. The molecule has 0 bridgehead atoms. The summed E-state index contributed by atoms with van der Waals surface area (Å²) >= 11 is 0. The first-order valence-corrected chi connectivity index (χ1v) is 26.0. The first-order chi connectivity index (χ1) is 40.3. The first-order valence-electron chi connectivity index (χ1n) is 26.0. The van der Waals surface area contributed by atoms with Gasteiger partial charge in [-0.05, 0) is 121 Å². The summed E-state index contributed by atoms with van der Waals surface area (Å²) < 4.78 is 9.62. The summed E-state index contributed by atoms with van der Waals surface area (Å²) in [6, 6.07) is 78.8. The summed E-state index contributed by atoms with van der Waals surface area (Å²) in [4.78, 5) is 23.8. The van der Waals surface area contributed by atoms with E-state index < -0.39 is 0 Å². The van der Waals surface area contributed by atoms with Crippen molar-refractivity contribution in [3.8, 4) is 74.4 Å². The molecular weight excluding hydrogens is 1620 g/mol. The fraction of sp³-hybridized carbons (Fsp3) is 0. The zero-order valence-electron chi connectivity index (χ0n) is 46.1. The van der Waals surface area contributed by atoms with Crippen molar-refractivity contribution >= 4 is 153 Å². The number of para-hydroxylation sites is 11. The number of rotatable bonds is 5. The Morgan fingerprint density at radius 1 is 0.437 bits per heavy atom. The molecule has 87 heavy (non-hydrogen) atoms. The SMILES string of the molecule is Oc1cccc2cccnc12.Oc1ccccc1-c1nc2ccccc2n1-c1ccccc1.Oc1ccccc1-c1nc2ccccc2o1.[Ba+2].[Ba+2].[O-]c1cccc2ccc[nH+]c12.[O-]c1ccccc1-c1[nH+]c2cccnc2n1-c1ccccc1.[Pd].[Pd].[Rh]. The van der Waals surface area contributed by atoms with Crippen molar-refractivity contribution in [2.75, 3.05) is 0 Å². The molecule has 0 atom stereocenters. The van der Waals surface area contributed by atoms with Crippen LogP contribution in [-0.4, -0.2) is 142 Å². The van der Waals surface area contributed by atoms with Crippen molar-refractivity contribution in [3.63, 3.8) is 0 Å². The van der Waals surface area contributed by atoms with Crippen molar-refractivity contribution < 1.29 is 100 Å². The summed E-state index contributed by atoms with van der Waals surface area (Å²) in [5.74, 6) is 2.60. The monoisotopic (exact) mass is 1660 g/mol. The predicted octanol–water partition coefficient (Wildman–Crippen LogP) is 12.1. The number of nitrogens with one attached hydrogen (secondary N) is 2. The number of aromatic nitrogens is 8. The van der Waals surface area contributed by atoms with E-state index in [1.807, 2.05) is 199 Å². The molecule has 0 unspecified atom stereocenters. The maximum atomic E-state index is 12.2. The van der Waals surface area contributed by atoms with Crippen LogP contribution in [0.5, 0.6) is 28.7 Å². The van der Waals surface area contributed by atoms with Crippen LogP contribution in [0, 0.1) is 0 Å². The van der Waals surface area contributed by atoms with Crippen LogP contribution in [0.3, 0.4) is 0 Å². The van der Waals surface area contributed by atoms with E-state index in [0.717, 1.165) is 72.7 Å². The van der Waals surface area contributed by atoms with E-state index in [4.69, 9.17) is 9.40 Å². The molecule has 6 aromatic heterocycles. The van der Waals surface area contributed by atoms with Crippen LogP contribution in [-0.2, 0) is 60.3 Å². The van der Waals surface area contributed by atoms with Gasteiger partial charge >= 0.3 is 97.8 Å². The van der Waals surface area contributed by atoms with E-state index in [1.165, 1.54) is 0 Å². The number of aromatic amines is 2. The van der Waals surface area contributed by atoms with Crippen molar-refractivity contribution in [2.45, 2.75) is 0 Å². The summed E-state index contributed by atoms with van der Waals surface area (Å²) in [7, 11) is 0. The second-order valence-electron chi connectivity index (χ2n) is 18.4. The van der Waals surface area contributed by atoms with Crippen LogP contribution in [0.25, 0.3) is 101 Å². The van der Waals surface area contributed by atoms with Crippen molar-refractivity contribution in [1.29, 1.82) is 0 Å². The first kappa shape index (κ1) is 69.5. The Kier molecular flexibility index (Phi) is 26.9. The van der Waals surface area contributed by atoms with E-state index in [1.54, 1.807) is 79.3 Å². The van der Waals surface area contributed by atoms with Gasteiger partial charge in [-0.15, -0.1) is 0 Å². The molecule has 6 heterocycles. The van der Waals surface area contributed by atoms with Crippen LogP contribution in [0.1, 0.15) is 0 Å². The molecule has 15 aromatic rings. The van der Waals surface area contributed by atoms with E-state index in [2.05, 4.69) is 29.5 Å². The molecule has 9 aromatic carbocycles. The molecule has 0 amide bonds. The number of phenols is 3. The van der Waals surface area contributed by atoms with Gasteiger partial charge in [0.15, 0.2) is 17.3 Å². The molecule has 0 saturated heterocycles. The number of nitrogens with zero attached hydrogens (tertiary/aromatic N) is 6. The maximum absolute atomic E-state index is 12.2. The fourth-order valence-corrected chi connectivity index (χ4v) is 9.20. The van der Waals surface area contributed by atoms with Gasteiger partial charge in [-0.3, -0.25) is 9.55 Å². The number of benzene rings is 9. The summed E-state index contributed by atoms with van der Waals surface area (Å²) in [5.41, 5.74) is 10.4. The fourth-order valence-electron chi connectivity index (χ4n) is 9.20. The molecule has 0 saturated carbocycles. The number of H-pyrrole nitrogens is 2. The van der Waals surface area contributed by atoms with Crippen LogP contribution >= 0.6 is 0 Å². The zero-order valence-corrected chi connectivity index (χ0v) is 59.7. The maximum Gasteiger partial charge on any atom is 2.00 e. The van der Waals surface area contributed by atoms with Gasteiger partial charge in [-0.2, -0.15) is 4.57 Å². The molecule has 19 heteroatoms. The Morgan fingerprint density at radius 3 is 1.64 bits per heavy atom. The van der Waals surface area contributed by atoms with Crippen molar-refractivity contribution in [2.24, 2.45) is 0 Å². The normalized spacial score (nSPS) is 10.1. The van der Waals surface area contributed by atoms with Gasteiger partial charge < -0.3 is 29.9 Å². The molecule has 5 N–H and O–H groups in total. The standard InChI is InChI=1S/C19H14N2O.C18H13N3O.C13H9NO2.2C9H7NO.2Ba.2Pd.Rh/c22-18-13-7-4-10-15(18)19-20-16-11-5-6-12-17(16)21(19)14-8-2-1-3-9-14;22-16-11-5-4-9-14(16)17-20-15-10-6-12-19-18(15)21(17)13-7-2-1-3-8-13;15-11-7-3-1-5-9(11)13-14-10-6-2-4-8-12(10)16-13;2*11-8-5-1-3-7-4-2-6-10-9(7)8;;;;;/h1-13,22H;1-12,22H;1-8,15H;2*1-6,11H;;;;;/q;;;;;2*+2;;;. The third-order valence-corrected chi connectivity index (χ3v) is 13.0. The average Bonchev–Trinajstić information content (AvgIpc) is 3.20. The van der Waals surface area contributed by atoms with Crippen LogP contribution < -0.4 is 20.2 Å². The average molecular weight is 1670 g/mol. The molecule has 0 spiro atoms. The van der Waals surface area contributed by atoms with E-state index in [-0.39, 0.29) is 187 Å². The minimum Gasteiger partial charge on any atom is -0.872 e. The quantitative estimate of drug-likeness (QED) is 0.139. The molecule has 427 valence electrons. The van der Waals surface area contributed by atoms with Gasteiger partial charge in [0.1, 0.15) is 39.8 Å². The summed E-state index contributed by atoms with van der Waals surface area (Å²) in [6.07, 6.45) is 5.17. The molecule has 14 nitrogen and oxygen atoms in total. The van der Waals surface area contributed by atoms with Gasteiger partial charge in [0.2, 0.25) is 11.4 Å². The van der Waals surface area contributed by atoms with Crippen LogP contribution in [0.4, 0.5) is 0 Å². The number of pyridine rings is 3. The van der Waals surface area contributed by atoms with E-state index in [0.29, 0.717) is 28.1 Å². The van der Waals surface area contributed by atoms with Crippen molar-refractivity contribution in [3.05, 3.63) is 273 Å². The molecule has 0 fully saturated rings. The summed E-state index contributed by atoms with van der Waals surface area (Å²) in [6.45, 7) is 0. The van der Waals surface area contributed by atoms with Crippen molar-refractivity contribution in [1.82, 2.24) is 29.1 Å². The largest absolute Gasteiger partial charge is 2.00 e. The van der Waals surface area contributed by atoms with Crippen LogP contribution in [0.2, 0.25) is 0 Å². The minimum absolute atomic E-state index is 0. The zero-order chi connectivity index (χ0) is 56.2. The minimum atomic E-state index is -0.0151. The Morgan fingerprint density at radius 2 is 0.966 bits per heavy atom. The van der Waals surface area contributed by atoms with E-state index in [9.17, 15) is 25.5 Å². The third kappa shape index (κ3) is 16.6. The number of oxazole rings is 1. The van der Waals surface area contributed by atoms with Gasteiger partial charge in [-0.1, -0.05) is 139 Å². The van der Waals surface area contributed by atoms with Gasteiger partial charge in [-0.25, -0.2) is 24.9 Å². The Bertz CT molecular complexity index is 4380. The molecule has 0 aliphatic carbocycles. The third-order valence-electron chi connectivity index (χ3n) is 13.0. The number of hydrogen-bond acceptors (Lipinski definition) is 10. The Labute approximate surface area is 621 Å². The number of aromatic hydroxyl groups is 3. The molecule has 15 rings (SSSR count). The Balaban J connectivity index is 0.000000176. The number of phenolic OH excluding ortho intramolecular Hbond substituents is 3. The molecule has 0 aliphatic rings. The topological polar surface area (TPSA) is 210 Å². The summed E-state index contributed by atoms with van der Waals surface area (Å²) in [5, 5.41) is 54.5. The second-order valence-corrected chi connectivity index (χ2v) is 18.4. The number of imidazole rings is 2. The number of hydrogen-bond donors (Lipinski definition) is 3. The van der Waals surface area contributed by atoms with Gasteiger partial charge in [0, 0.05) is 95.2 Å². The Hall–Kier alpha value is -6.55. The number of fused-ring (bicyclic) bond motifs is 5. The van der Waals surface area contributed by atoms with Gasteiger partial charge in [0.05, 0.1) is 27.7 Å². The smallest absolute Gasteiger partial charge is 0.872 e. The second kappa shape index (κ2) is 33.7. The van der Waals surface area contributed by atoms with E-state index >= 15 is 0 Å². The molecular formula is C68H50Ba2N8O6Pd2Rh+4. The van der Waals surface area contributed by atoms with Gasteiger partial charge in [0.25, 0.3) is 11.5 Å².